The summed E-state index contributed by atoms with van der Waals surface area (Å²) >= 11 is 0. The molecule has 0 aliphatic carbocycles. The fourth-order valence-corrected chi connectivity index (χ4v) is 2.35. The fraction of sp³-hybridized carbons (Fsp3) is 0.529. The zero-order chi connectivity index (χ0) is 16.3. The van der Waals surface area contributed by atoms with Gasteiger partial charge in [-0.3, -0.25) is 9.69 Å². The number of ether oxygens (including phenoxy) is 2. The summed E-state index contributed by atoms with van der Waals surface area (Å²) in [6.45, 7) is 5.68. The summed E-state index contributed by atoms with van der Waals surface area (Å²) in [7, 11) is 0. The summed E-state index contributed by atoms with van der Waals surface area (Å²) in [5.74, 6) is 0.631. The van der Waals surface area contributed by atoms with E-state index < -0.39 is 0 Å². The van der Waals surface area contributed by atoms with Crippen LogP contribution in [0.5, 0.6) is 5.75 Å². The van der Waals surface area contributed by atoms with Crippen LogP contribution in [0.1, 0.15) is 12.0 Å². The predicted molar refractivity (Wildman–Crippen MR) is 86.1 cm³/mol. The quantitative estimate of drug-likeness (QED) is 0.773. The molecule has 23 heavy (non-hydrogen) atoms. The molecule has 0 bridgehead atoms. The number of hydrogen-bond donors (Lipinski definition) is 1. The second-order valence-electron chi connectivity index (χ2n) is 5.38. The average Bonchev–Trinajstić information content (AvgIpc) is 2.57. The molecule has 0 radical (unpaired) electrons. The Kier molecular flexibility index (Phi) is 7.37. The average molecular weight is 317 g/mol. The van der Waals surface area contributed by atoms with E-state index in [0.717, 1.165) is 50.6 Å². The molecule has 0 atom stereocenters. The standard InChI is InChI=1S/C17H23N3O3/c18-7-5-17(21)19-8-6-15-1-3-16(4-2-15)23-14-11-20-9-12-22-13-10-20/h1-4H,5-6,8-14H2,(H,19,21). The van der Waals surface area contributed by atoms with Crippen molar-refractivity contribution in [1.82, 2.24) is 10.2 Å². The number of rotatable bonds is 8. The maximum atomic E-state index is 11.2. The normalized spacial score (nSPS) is 14.9. The first-order valence-corrected chi connectivity index (χ1v) is 7.93. The molecule has 0 unspecified atom stereocenters. The van der Waals surface area contributed by atoms with Crippen molar-refractivity contribution in [2.24, 2.45) is 0 Å². The van der Waals surface area contributed by atoms with Crippen LogP contribution in [0.15, 0.2) is 24.3 Å². The van der Waals surface area contributed by atoms with E-state index in [-0.39, 0.29) is 12.3 Å². The Morgan fingerprint density at radius 2 is 2.04 bits per heavy atom. The fourth-order valence-electron chi connectivity index (χ4n) is 2.35. The van der Waals surface area contributed by atoms with Crippen molar-refractivity contribution in [3.63, 3.8) is 0 Å². The Bertz CT molecular complexity index is 519. The molecule has 1 aliphatic rings. The highest BCUT2D eigenvalue weighted by atomic mass is 16.5. The van der Waals surface area contributed by atoms with E-state index in [1.807, 2.05) is 30.3 Å². The highest BCUT2D eigenvalue weighted by Gasteiger charge is 2.09. The largest absolute Gasteiger partial charge is 0.492 e. The number of nitrogens with one attached hydrogen (secondary N) is 1. The second kappa shape index (κ2) is 9.82. The first-order valence-electron chi connectivity index (χ1n) is 7.93. The lowest BCUT2D eigenvalue weighted by Gasteiger charge is -2.26. The van der Waals surface area contributed by atoms with Crippen LogP contribution in [0.4, 0.5) is 0 Å². The van der Waals surface area contributed by atoms with Crippen molar-refractivity contribution < 1.29 is 14.3 Å². The molecule has 0 saturated carbocycles. The van der Waals surface area contributed by atoms with E-state index in [4.69, 9.17) is 14.7 Å². The third-order valence-corrected chi connectivity index (χ3v) is 3.68. The Hall–Kier alpha value is -2.10. The van der Waals surface area contributed by atoms with Crippen molar-refractivity contribution in [2.45, 2.75) is 12.8 Å². The lowest BCUT2D eigenvalue weighted by molar-refractivity contribution is -0.120. The minimum Gasteiger partial charge on any atom is -0.492 e. The molecule has 1 N–H and O–H groups in total. The highest BCUT2D eigenvalue weighted by Crippen LogP contribution is 2.12. The number of hydrogen-bond acceptors (Lipinski definition) is 5. The molecule has 1 aliphatic heterocycles. The number of carbonyl (C=O) groups excluding carboxylic acids is 1. The smallest absolute Gasteiger partial charge is 0.234 e. The molecule has 0 aromatic heterocycles. The zero-order valence-electron chi connectivity index (χ0n) is 13.3. The number of carbonyl (C=O) groups is 1. The first-order chi connectivity index (χ1) is 11.3. The number of benzene rings is 1. The van der Waals surface area contributed by atoms with E-state index in [9.17, 15) is 4.79 Å². The molecule has 6 nitrogen and oxygen atoms in total. The van der Waals surface area contributed by atoms with Crippen molar-refractivity contribution in [3.05, 3.63) is 29.8 Å². The first kappa shape index (κ1) is 17.3. The topological polar surface area (TPSA) is 74.6 Å². The molecule has 2 rings (SSSR count). The van der Waals surface area contributed by atoms with Gasteiger partial charge in [-0.25, -0.2) is 0 Å². The molecule has 1 aromatic rings. The van der Waals surface area contributed by atoms with Crippen molar-refractivity contribution in [2.75, 3.05) is 46.0 Å². The summed E-state index contributed by atoms with van der Waals surface area (Å²) in [6.07, 6.45) is 0.654. The second-order valence-corrected chi connectivity index (χ2v) is 5.38. The van der Waals surface area contributed by atoms with Crippen LogP contribution in [-0.4, -0.2) is 56.8 Å². The summed E-state index contributed by atoms with van der Waals surface area (Å²) in [5, 5.41) is 11.1. The maximum Gasteiger partial charge on any atom is 0.234 e. The van der Waals surface area contributed by atoms with Gasteiger partial charge in [-0.2, -0.15) is 5.26 Å². The number of morpholine rings is 1. The van der Waals surface area contributed by atoms with Crippen LogP contribution < -0.4 is 10.1 Å². The van der Waals surface area contributed by atoms with Gasteiger partial charge in [-0.15, -0.1) is 0 Å². The van der Waals surface area contributed by atoms with Crippen molar-refractivity contribution >= 4 is 5.91 Å². The molecule has 1 saturated heterocycles. The van der Waals surface area contributed by atoms with Crippen LogP contribution in [0.25, 0.3) is 0 Å². The van der Waals surface area contributed by atoms with Gasteiger partial charge in [0.05, 0.1) is 19.3 Å². The summed E-state index contributed by atoms with van der Waals surface area (Å²) in [6, 6.07) is 9.73. The van der Waals surface area contributed by atoms with Crippen LogP contribution in [0.3, 0.4) is 0 Å². The summed E-state index contributed by atoms with van der Waals surface area (Å²) < 4.78 is 11.1. The van der Waals surface area contributed by atoms with Gasteiger partial charge in [-0.1, -0.05) is 12.1 Å². The van der Waals surface area contributed by atoms with E-state index in [1.165, 1.54) is 0 Å². The Morgan fingerprint density at radius 1 is 1.30 bits per heavy atom. The third-order valence-electron chi connectivity index (χ3n) is 3.68. The van der Waals surface area contributed by atoms with Gasteiger partial charge >= 0.3 is 0 Å². The summed E-state index contributed by atoms with van der Waals surface area (Å²) in [5.41, 5.74) is 1.13. The monoisotopic (exact) mass is 317 g/mol. The lowest BCUT2D eigenvalue weighted by atomic mass is 10.1. The molecular weight excluding hydrogens is 294 g/mol. The van der Waals surface area contributed by atoms with Crippen LogP contribution in [-0.2, 0) is 16.0 Å². The van der Waals surface area contributed by atoms with E-state index in [2.05, 4.69) is 10.2 Å². The molecule has 1 heterocycles. The van der Waals surface area contributed by atoms with Gasteiger partial charge in [0.25, 0.3) is 0 Å². The SMILES string of the molecule is N#CCC(=O)NCCc1ccc(OCCN2CCOCC2)cc1. The van der Waals surface area contributed by atoms with Gasteiger partial charge < -0.3 is 14.8 Å². The number of amides is 1. The van der Waals surface area contributed by atoms with Crippen molar-refractivity contribution in [3.8, 4) is 11.8 Å². The minimum atomic E-state index is -0.226. The van der Waals surface area contributed by atoms with Gasteiger partial charge in [0, 0.05) is 26.2 Å². The Balaban J connectivity index is 1.63. The van der Waals surface area contributed by atoms with Gasteiger partial charge in [0.2, 0.25) is 5.91 Å². The summed E-state index contributed by atoms with van der Waals surface area (Å²) in [4.78, 5) is 13.5. The predicted octanol–water partition coefficient (Wildman–Crippen LogP) is 0.970. The van der Waals surface area contributed by atoms with E-state index in [1.54, 1.807) is 0 Å². The lowest BCUT2D eigenvalue weighted by Crippen LogP contribution is -2.38. The molecule has 1 fully saturated rings. The van der Waals surface area contributed by atoms with E-state index >= 15 is 0 Å². The zero-order valence-corrected chi connectivity index (χ0v) is 13.3. The molecule has 1 aromatic carbocycles. The number of nitriles is 1. The molecule has 0 spiro atoms. The molecular formula is C17H23N3O3. The third kappa shape index (κ3) is 6.68. The highest BCUT2D eigenvalue weighted by molar-refractivity contribution is 5.77. The van der Waals surface area contributed by atoms with Gasteiger partial charge in [0.1, 0.15) is 18.8 Å². The van der Waals surface area contributed by atoms with Crippen LogP contribution >= 0.6 is 0 Å². The van der Waals surface area contributed by atoms with Gasteiger partial charge in [-0.05, 0) is 24.1 Å². The van der Waals surface area contributed by atoms with Gasteiger partial charge in [0.15, 0.2) is 0 Å². The maximum absolute atomic E-state index is 11.2. The molecule has 124 valence electrons. The molecule has 1 amide bonds. The Morgan fingerprint density at radius 3 is 2.74 bits per heavy atom. The van der Waals surface area contributed by atoms with Crippen LogP contribution in [0, 0.1) is 11.3 Å². The van der Waals surface area contributed by atoms with Crippen LogP contribution in [0.2, 0.25) is 0 Å². The van der Waals surface area contributed by atoms with E-state index in [0.29, 0.717) is 13.2 Å². The van der Waals surface area contributed by atoms with Crippen molar-refractivity contribution in [1.29, 1.82) is 5.26 Å². The molecule has 6 heteroatoms. The number of nitrogens with zero attached hydrogens (tertiary/aromatic N) is 2. The Labute approximate surface area is 137 Å². The minimum absolute atomic E-state index is 0.0874.